The minimum Gasteiger partial charge on any atom is -0.494 e. The number of nitrogens with zero attached hydrogens (tertiary/aromatic N) is 3. The van der Waals surface area contributed by atoms with Gasteiger partial charge < -0.3 is 24.6 Å². The second kappa shape index (κ2) is 9.90. The predicted molar refractivity (Wildman–Crippen MR) is 107 cm³/mol. The van der Waals surface area contributed by atoms with Crippen molar-refractivity contribution in [2.24, 2.45) is 4.99 Å². The summed E-state index contributed by atoms with van der Waals surface area (Å²) in [5.74, 6) is 0.731. The Hall–Kier alpha value is -1.86. The third-order valence-electron chi connectivity index (χ3n) is 5.23. The maximum Gasteiger partial charge on any atom is 0.194 e. The van der Waals surface area contributed by atoms with Crippen LogP contribution in [0.2, 0.25) is 0 Å². The van der Waals surface area contributed by atoms with Crippen LogP contribution in [0.4, 0.5) is 4.39 Å². The molecule has 1 aromatic carbocycles. The number of halogens is 1. The van der Waals surface area contributed by atoms with Crippen molar-refractivity contribution in [1.29, 1.82) is 0 Å². The van der Waals surface area contributed by atoms with Crippen molar-refractivity contribution >= 4 is 5.96 Å². The molecule has 0 atom stereocenters. The summed E-state index contributed by atoms with van der Waals surface area (Å²) in [5, 5.41) is 3.34. The van der Waals surface area contributed by atoms with E-state index >= 15 is 0 Å². The molecule has 7 heteroatoms. The number of guanidine groups is 1. The Morgan fingerprint density at radius 3 is 2.56 bits per heavy atom. The first-order valence-electron chi connectivity index (χ1n) is 9.49. The summed E-state index contributed by atoms with van der Waals surface area (Å²) >= 11 is 0. The number of rotatable bonds is 7. The van der Waals surface area contributed by atoms with E-state index in [4.69, 9.17) is 14.5 Å². The minimum atomic E-state index is -0.348. The van der Waals surface area contributed by atoms with Crippen LogP contribution in [0.25, 0.3) is 0 Å². The molecule has 27 heavy (non-hydrogen) atoms. The molecule has 6 nitrogen and oxygen atoms in total. The summed E-state index contributed by atoms with van der Waals surface area (Å²) < 4.78 is 24.5. The van der Waals surface area contributed by atoms with Crippen LogP contribution in [0.1, 0.15) is 25.3 Å². The maximum absolute atomic E-state index is 14.0. The molecule has 152 valence electrons. The number of likely N-dealkylation sites (N-methyl/N-ethyl adjacent to an activating group) is 1. The molecule has 1 aromatic rings. The van der Waals surface area contributed by atoms with Crippen molar-refractivity contribution in [3.8, 4) is 5.75 Å². The number of ether oxygens (including phenoxy) is 2. The predicted octanol–water partition coefficient (Wildman–Crippen LogP) is 2.34. The van der Waals surface area contributed by atoms with E-state index in [2.05, 4.69) is 24.3 Å². The zero-order chi connectivity index (χ0) is 19.9. The first-order valence-corrected chi connectivity index (χ1v) is 9.49. The van der Waals surface area contributed by atoms with E-state index < -0.39 is 0 Å². The summed E-state index contributed by atoms with van der Waals surface area (Å²) in [4.78, 5) is 9.19. The lowest BCUT2D eigenvalue weighted by molar-refractivity contribution is -0.00262. The normalized spacial score (nSPS) is 17.1. The summed E-state index contributed by atoms with van der Waals surface area (Å²) in [5.41, 5.74) is 0.890. The molecule has 1 N–H and O–H groups in total. The Kier molecular flexibility index (Phi) is 7.86. The zero-order valence-electron chi connectivity index (χ0n) is 17.2. The first kappa shape index (κ1) is 21.4. The van der Waals surface area contributed by atoms with Gasteiger partial charge in [0.15, 0.2) is 17.5 Å². The van der Waals surface area contributed by atoms with Gasteiger partial charge in [-0.05, 0) is 51.6 Å². The SMILES string of the molecule is CCNC(=NCC1(N(C)C)CCOCC1)N(C)Cc1ccc(OC)c(F)c1. The molecule has 0 aromatic heterocycles. The second-order valence-corrected chi connectivity index (χ2v) is 7.23. The number of benzene rings is 1. The Morgan fingerprint density at radius 2 is 2.00 bits per heavy atom. The average molecular weight is 381 g/mol. The second-order valence-electron chi connectivity index (χ2n) is 7.23. The summed E-state index contributed by atoms with van der Waals surface area (Å²) in [6, 6.07) is 5.05. The van der Waals surface area contributed by atoms with Crippen LogP contribution in [0.3, 0.4) is 0 Å². The van der Waals surface area contributed by atoms with Gasteiger partial charge in [0.1, 0.15) is 0 Å². The van der Waals surface area contributed by atoms with Gasteiger partial charge in [-0.1, -0.05) is 6.07 Å². The van der Waals surface area contributed by atoms with Gasteiger partial charge in [0.25, 0.3) is 0 Å². The van der Waals surface area contributed by atoms with E-state index in [-0.39, 0.29) is 17.1 Å². The van der Waals surface area contributed by atoms with Gasteiger partial charge in [-0.25, -0.2) is 4.39 Å². The van der Waals surface area contributed by atoms with Crippen LogP contribution >= 0.6 is 0 Å². The molecule has 0 unspecified atom stereocenters. The third kappa shape index (κ3) is 5.56. The molecule has 1 heterocycles. The summed E-state index contributed by atoms with van der Waals surface area (Å²) in [6.07, 6.45) is 1.94. The molecule has 0 bridgehead atoms. The van der Waals surface area contributed by atoms with Crippen LogP contribution in [-0.2, 0) is 11.3 Å². The lowest BCUT2D eigenvalue weighted by atomic mass is 9.89. The van der Waals surface area contributed by atoms with E-state index in [1.807, 2.05) is 24.9 Å². The number of aliphatic imine (C=N–C) groups is 1. The van der Waals surface area contributed by atoms with Crippen molar-refractivity contribution in [2.75, 3.05) is 54.6 Å². The Morgan fingerprint density at radius 1 is 1.30 bits per heavy atom. The molecule has 0 amide bonds. The highest BCUT2D eigenvalue weighted by Crippen LogP contribution is 2.26. The first-order chi connectivity index (χ1) is 12.9. The van der Waals surface area contributed by atoms with Gasteiger partial charge in [0, 0.05) is 38.9 Å². The molecule has 1 saturated heterocycles. The molecular weight excluding hydrogens is 347 g/mol. The van der Waals surface area contributed by atoms with Crippen LogP contribution in [0, 0.1) is 5.82 Å². The standard InChI is InChI=1S/C20H33FN4O2/c1-6-22-19(23-15-20(24(2)3)9-11-27-12-10-20)25(4)14-16-7-8-18(26-5)17(21)13-16/h7-8,13H,6,9-12,14-15H2,1-5H3,(H,22,23). The summed E-state index contributed by atoms with van der Waals surface area (Å²) in [7, 11) is 7.65. The number of nitrogens with one attached hydrogen (secondary N) is 1. The highest BCUT2D eigenvalue weighted by Gasteiger charge is 2.34. The molecular formula is C20H33FN4O2. The Labute approximate surface area is 162 Å². The van der Waals surface area contributed by atoms with E-state index in [0.29, 0.717) is 13.1 Å². The lowest BCUT2D eigenvalue weighted by Gasteiger charge is -2.42. The van der Waals surface area contributed by atoms with Gasteiger partial charge in [0.05, 0.1) is 13.7 Å². The van der Waals surface area contributed by atoms with Gasteiger partial charge in [-0.15, -0.1) is 0 Å². The molecule has 1 aliphatic heterocycles. The number of hydrogen-bond acceptors (Lipinski definition) is 4. The topological polar surface area (TPSA) is 49.3 Å². The van der Waals surface area contributed by atoms with Gasteiger partial charge in [-0.3, -0.25) is 4.99 Å². The Balaban J connectivity index is 2.12. The van der Waals surface area contributed by atoms with Crippen LogP contribution in [-0.4, -0.2) is 75.9 Å². The zero-order valence-corrected chi connectivity index (χ0v) is 17.2. The van der Waals surface area contributed by atoms with Crippen molar-refractivity contribution in [3.05, 3.63) is 29.6 Å². The summed E-state index contributed by atoms with van der Waals surface area (Å²) in [6.45, 7) is 5.62. The third-order valence-corrected chi connectivity index (χ3v) is 5.23. The van der Waals surface area contributed by atoms with Gasteiger partial charge >= 0.3 is 0 Å². The molecule has 1 aliphatic rings. The fourth-order valence-electron chi connectivity index (χ4n) is 3.35. The average Bonchev–Trinajstić information content (AvgIpc) is 2.65. The highest BCUT2D eigenvalue weighted by atomic mass is 19.1. The van der Waals surface area contributed by atoms with E-state index in [9.17, 15) is 4.39 Å². The monoisotopic (exact) mass is 380 g/mol. The fraction of sp³-hybridized carbons (Fsp3) is 0.650. The fourth-order valence-corrected chi connectivity index (χ4v) is 3.35. The minimum absolute atomic E-state index is 0.0198. The van der Waals surface area contributed by atoms with Crippen LogP contribution < -0.4 is 10.1 Å². The molecule has 2 rings (SSSR count). The van der Waals surface area contributed by atoms with Crippen molar-refractivity contribution < 1.29 is 13.9 Å². The maximum atomic E-state index is 14.0. The van der Waals surface area contributed by atoms with Gasteiger partial charge in [0.2, 0.25) is 0 Å². The van der Waals surface area contributed by atoms with E-state index in [1.165, 1.54) is 13.2 Å². The molecule has 0 saturated carbocycles. The molecule has 0 spiro atoms. The van der Waals surface area contributed by atoms with Gasteiger partial charge in [-0.2, -0.15) is 0 Å². The largest absolute Gasteiger partial charge is 0.494 e. The van der Waals surface area contributed by atoms with Crippen molar-refractivity contribution in [3.63, 3.8) is 0 Å². The molecule has 1 fully saturated rings. The highest BCUT2D eigenvalue weighted by molar-refractivity contribution is 5.79. The number of methoxy groups -OCH3 is 1. The van der Waals surface area contributed by atoms with Crippen molar-refractivity contribution in [1.82, 2.24) is 15.1 Å². The molecule has 0 radical (unpaired) electrons. The van der Waals surface area contributed by atoms with Crippen LogP contribution in [0.5, 0.6) is 5.75 Å². The van der Waals surface area contributed by atoms with E-state index in [0.717, 1.165) is 44.1 Å². The Bertz CT molecular complexity index is 630. The lowest BCUT2D eigenvalue weighted by Crippen LogP contribution is -2.51. The van der Waals surface area contributed by atoms with E-state index in [1.54, 1.807) is 6.07 Å². The smallest absolute Gasteiger partial charge is 0.194 e. The van der Waals surface area contributed by atoms with Crippen molar-refractivity contribution in [2.45, 2.75) is 31.8 Å². The van der Waals surface area contributed by atoms with Crippen LogP contribution in [0.15, 0.2) is 23.2 Å². The quantitative estimate of drug-likeness (QED) is 0.581. The molecule has 0 aliphatic carbocycles. The number of hydrogen-bond donors (Lipinski definition) is 1.